The van der Waals surface area contributed by atoms with Crippen LogP contribution in [0.15, 0.2) is 28.8 Å². The number of aromatic nitrogens is 2. The molecule has 0 fully saturated rings. The van der Waals surface area contributed by atoms with Gasteiger partial charge in [0.2, 0.25) is 6.79 Å². The van der Waals surface area contributed by atoms with Crippen molar-refractivity contribution in [3.8, 4) is 28.8 Å². The van der Waals surface area contributed by atoms with E-state index in [4.69, 9.17) is 14.0 Å². The zero-order chi connectivity index (χ0) is 21.8. The van der Waals surface area contributed by atoms with Crippen LogP contribution in [0.1, 0.15) is 38.5 Å². The minimum Gasteiger partial charge on any atom is -0.454 e. The Balaban J connectivity index is 1.45. The van der Waals surface area contributed by atoms with Crippen molar-refractivity contribution in [1.82, 2.24) is 10.1 Å². The Morgan fingerprint density at radius 2 is 2.09 bits per heavy atom. The Morgan fingerprint density at radius 3 is 2.97 bits per heavy atom. The fourth-order valence-electron chi connectivity index (χ4n) is 4.28. The third kappa shape index (κ3) is 2.84. The number of fused-ring (bicyclic) bond motifs is 3. The second kappa shape index (κ2) is 7.07. The summed E-state index contributed by atoms with van der Waals surface area (Å²) in [6, 6.07) is 9.41. The summed E-state index contributed by atoms with van der Waals surface area (Å²) in [6.07, 6.45) is 2.88. The van der Waals surface area contributed by atoms with E-state index in [1.807, 2.05) is 6.07 Å². The number of pyridine rings is 1. The molecular formula is C23H16N4O4S. The number of ether oxygens (including phenoxy) is 2. The first-order valence-corrected chi connectivity index (χ1v) is 11.0. The van der Waals surface area contributed by atoms with Gasteiger partial charge in [-0.15, -0.1) is 11.3 Å². The van der Waals surface area contributed by atoms with Crippen molar-refractivity contribution in [2.24, 2.45) is 0 Å². The van der Waals surface area contributed by atoms with E-state index in [0.29, 0.717) is 44.4 Å². The van der Waals surface area contributed by atoms with Gasteiger partial charge in [-0.2, -0.15) is 5.26 Å². The molecule has 1 aliphatic carbocycles. The van der Waals surface area contributed by atoms with E-state index in [9.17, 15) is 10.1 Å². The van der Waals surface area contributed by atoms with Gasteiger partial charge in [0.05, 0.1) is 16.5 Å². The van der Waals surface area contributed by atoms with Crippen molar-refractivity contribution in [3.05, 3.63) is 51.5 Å². The van der Waals surface area contributed by atoms with Crippen molar-refractivity contribution in [3.63, 3.8) is 0 Å². The van der Waals surface area contributed by atoms with Crippen molar-refractivity contribution < 1.29 is 18.8 Å². The largest absolute Gasteiger partial charge is 0.454 e. The number of carbonyl (C=O) groups is 1. The van der Waals surface area contributed by atoms with E-state index in [0.717, 1.165) is 30.4 Å². The third-order valence-corrected chi connectivity index (χ3v) is 6.93. The molecule has 0 radical (unpaired) electrons. The van der Waals surface area contributed by atoms with Crippen molar-refractivity contribution in [2.75, 3.05) is 12.1 Å². The number of thiophene rings is 1. The van der Waals surface area contributed by atoms with Crippen LogP contribution in [0.25, 0.3) is 22.4 Å². The van der Waals surface area contributed by atoms with E-state index < -0.39 is 0 Å². The summed E-state index contributed by atoms with van der Waals surface area (Å²) in [5, 5.41) is 17.9. The van der Waals surface area contributed by atoms with Gasteiger partial charge < -0.3 is 19.3 Å². The van der Waals surface area contributed by atoms with Crippen molar-refractivity contribution >= 4 is 33.3 Å². The minimum absolute atomic E-state index is 0.165. The summed E-state index contributed by atoms with van der Waals surface area (Å²) in [5.41, 5.74) is 4.14. The molecule has 3 aromatic heterocycles. The number of carbonyl (C=O) groups excluding carboxylic acids is 1. The number of anilines is 1. The van der Waals surface area contributed by atoms with Gasteiger partial charge in [-0.25, -0.2) is 4.98 Å². The highest BCUT2D eigenvalue weighted by Crippen LogP contribution is 2.40. The summed E-state index contributed by atoms with van der Waals surface area (Å²) < 4.78 is 16.3. The topological polar surface area (TPSA) is 110 Å². The zero-order valence-corrected chi connectivity index (χ0v) is 17.8. The zero-order valence-electron chi connectivity index (χ0n) is 17.0. The molecule has 2 aliphatic rings. The van der Waals surface area contributed by atoms with Gasteiger partial charge in [0.15, 0.2) is 11.5 Å². The molecule has 0 unspecified atom stereocenters. The number of nitriles is 1. The van der Waals surface area contributed by atoms with Crippen molar-refractivity contribution in [2.45, 2.75) is 26.2 Å². The number of hydrogen-bond acceptors (Lipinski definition) is 8. The molecule has 4 heterocycles. The van der Waals surface area contributed by atoms with E-state index in [1.165, 1.54) is 16.2 Å². The molecule has 1 aliphatic heterocycles. The smallest absolute Gasteiger partial charge is 0.259 e. The maximum Gasteiger partial charge on any atom is 0.259 e. The van der Waals surface area contributed by atoms with Crippen LogP contribution in [-0.4, -0.2) is 22.8 Å². The molecule has 0 spiro atoms. The molecule has 1 aromatic carbocycles. The lowest BCUT2D eigenvalue weighted by atomic mass is 10.0. The molecular weight excluding hydrogens is 428 g/mol. The lowest BCUT2D eigenvalue weighted by Gasteiger charge is -2.07. The van der Waals surface area contributed by atoms with E-state index in [2.05, 4.69) is 21.5 Å². The number of benzene rings is 1. The van der Waals surface area contributed by atoms with Gasteiger partial charge in [-0.05, 0) is 56.0 Å². The predicted octanol–water partition coefficient (Wildman–Crippen LogP) is 4.60. The average Bonchev–Trinajstić information content (AvgIpc) is 3.55. The van der Waals surface area contributed by atoms with E-state index in [1.54, 1.807) is 25.1 Å². The molecule has 4 aromatic rings. The summed E-state index contributed by atoms with van der Waals surface area (Å²) in [7, 11) is 0. The molecule has 0 saturated heterocycles. The van der Waals surface area contributed by atoms with Gasteiger partial charge in [0, 0.05) is 16.1 Å². The summed E-state index contributed by atoms with van der Waals surface area (Å²) in [4.78, 5) is 19.0. The lowest BCUT2D eigenvalue weighted by molar-refractivity contribution is 0.102. The number of hydrogen-bond donors (Lipinski definition) is 1. The first-order valence-electron chi connectivity index (χ1n) is 10.2. The Labute approximate surface area is 186 Å². The maximum absolute atomic E-state index is 13.4. The molecule has 8 nitrogen and oxygen atoms in total. The molecule has 32 heavy (non-hydrogen) atoms. The quantitative estimate of drug-likeness (QED) is 0.492. The van der Waals surface area contributed by atoms with Crippen LogP contribution >= 0.6 is 11.3 Å². The van der Waals surface area contributed by atoms with Crippen LogP contribution in [0.2, 0.25) is 0 Å². The number of nitrogens with zero attached hydrogens (tertiary/aromatic N) is 3. The third-order valence-electron chi connectivity index (χ3n) is 5.73. The molecule has 0 bridgehead atoms. The second-order valence-electron chi connectivity index (χ2n) is 7.72. The number of rotatable bonds is 3. The molecule has 1 amide bonds. The number of amides is 1. The normalized spacial score (nSPS) is 13.9. The summed E-state index contributed by atoms with van der Waals surface area (Å²) in [6.45, 7) is 1.96. The standard InChI is InChI=1S/C23H16N4O4S/c1-11-7-14(21(28)26-23-15(9-24)13-3-2-4-18(13)32-23)19-20(27-31-22(19)25-11)12-5-6-16-17(8-12)30-10-29-16/h5-8H,2-4,10H2,1H3,(H,26,28). The SMILES string of the molecule is Cc1cc(C(=O)Nc2sc3c(c2C#N)CCC3)c2c(-c3ccc4c(c3)OCO4)noc2n1. The van der Waals surface area contributed by atoms with Crippen LogP contribution < -0.4 is 14.8 Å². The Morgan fingerprint density at radius 1 is 1.22 bits per heavy atom. The molecule has 158 valence electrons. The maximum atomic E-state index is 13.4. The van der Waals surface area contributed by atoms with Crippen LogP contribution in [-0.2, 0) is 12.8 Å². The highest BCUT2D eigenvalue weighted by Gasteiger charge is 2.26. The predicted molar refractivity (Wildman–Crippen MR) is 117 cm³/mol. The highest BCUT2D eigenvalue weighted by atomic mass is 32.1. The first kappa shape index (κ1) is 18.8. The van der Waals surface area contributed by atoms with Gasteiger partial charge in [0.25, 0.3) is 11.6 Å². The molecule has 6 rings (SSSR count). The second-order valence-corrected chi connectivity index (χ2v) is 8.82. The Hall–Kier alpha value is -3.90. The van der Waals surface area contributed by atoms with Gasteiger partial charge in [0.1, 0.15) is 16.8 Å². The van der Waals surface area contributed by atoms with Crippen LogP contribution in [0.4, 0.5) is 5.00 Å². The fourth-order valence-corrected chi connectivity index (χ4v) is 5.51. The van der Waals surface area contributed by atoms with E-state index in [-0.39, 0.29) is 18.4 Å². The highest BCUT2D eigenvalue weighted by molar-refractivity contribution is 7.16. The van der Waals surface area contributed by atoms with Gasteiger partial charge in [-0.3, -0.25) is 4.79 Å². The lowest BCUT2D eigenvalue weighted by Crippen LogP contribution is -2.13. The summed E-state index contributed by atoms with van der Waals surface area (Å²) in [5.74, 6) is 0.932. The van der Waals surface area contributed by atoms with E-state index >= 15 is 0 Å². The first-order chi connectivity index (χ1) is 15.6. The van der Waals surface area contributed by atoms with Gasteiger partial charge in [-0.1, -0.05) is 5.16 Å². The van der Waals surface area contributed by atoms with Crippen LogP contribution in [0.5, 0.6) is 11.5 Å². The Bertz CT molecular complexity index is 1460. The monoisotopic (exact) mass is 444 g/mol. The molecule has 9 heteroatoms. The molecule has 0 atom stereocenters. The van der Waals surface area contributed by atoms with Crippen molar-refractivity contribution in [1.29, 1.82) is 5.26 Å². The fraction of sp³-hybridized carbons (Fsp3) is 0.217. The summed E-state index contributed by atoms with van der Waals surface area (Å²) >= 11 is 1.48. The number of aryl methyl sites for hydroxylation is 2. The molecule has 0 saturated carbocycles. The minimum atomic E-state index is -0.331. The molecule has 1 N–H and O–H groups in total. The van der Waals surface area contributed by atoms with Crippen LogP contribution in [0.3, 0.4) is 0 Å². The number of nitrogens with one attached hydrogen (secondary N) is 1. The van der Waals surface area contributed by atoms with Gasteiger partial charge >= 0.3 is 0 Å². The average molecular weight is 444 g/mol. The Kier molecular flexibility index (Phi) is 4.16. The van der Waals surface area contributed by atoms with Crippen LogP contribution in [0, 0.1) is 18.3 Å².